The van der Waals surface area contributed by atoms with E-state index in [0.29, 0.717) is 0 Å². The predicted octanol–water partition coefficient (Wildman–Crippen LogP) is 3.31. The van der Waals surface area contributed by atoms with Crippen LogP contribution in [0.3, 0.4) is 0 Å². The molecule has 7 heteroatoms. The summed E-state index contributed by atoms with van der Waals surface area (Å²) < 4.78 is 67.5. The molecule has 0 spiro atoms. The van der Waals surface area contributed by atoms with Gasteiger partial charge in [-0.3, -0.25) is 0 Å². The molecule has 0 aliphatic rings. The largest absolute Gasteiger partial charge is 0.373 e. The molecule has 20 heavy (non-hydrogen) atoms. The van der Waals surface area contributed by atoms with E-state index in [9.17, 15) is 22.0 Å². The summed E-state index contributed by atoms with van der Waals surface area (Å²) in [7, 11) is 1.50. The second kappa shape index (κ2) is 6.99. The van der Waals surface area contributed by atoms with E-state index in [0.717, 1.165) is 5.56 Å². The van der Waals surface area contributed by atoms with E-state index in [2.05, 4.69) is 10.1 Å². The fourth-order valence-electron chi connectivity index (χ4n) is 1.63. The van der Waals surface area contributed by atoms with Crippen molar-refractivity contribution in [1.82, 2.24) is 5.32 Å². The highest BCUT2D eigenvalue weighted by atomic mass is 19.3. The van der Waals surface area contributed by atoms with Crippen LogP contribution < -0.4 is 5.32 Å². The quantitative estimate of drug-likeness (QED) is 0.780. The second-order valence-electron chi connectivity index (χ2n) is 4.44. The predicted molar refractivity (Wildman–Crippen MR) is 64.7 cm³/mol. The van der Waals surface area contributed by atoms with Crippen LogP contribution in [0.1, 0.15) is 17.2 Å². The van der Waals surface area contributed by atoms with Gasteiger partial charge in [-0.2, -0.15) is 8.78 Å². The van der Waals surface area contributed by atoms with Crippen LogP contribution in [-0.4, -0.2) is 32.6 Å². The average Bonchev–Trinajstić information content (AvgIpc) is 2.37. The van der Waals surface area contributed by atoms with Crippen LogP contribution in [0, 0.1) is 12.7 Å². The van der Waals surface area contributed by atoms with Crippen LogP contribution in [0.15, 0.2) is 18.2 Å². The van der Waals surface area contributed by atoms with Crippen LogP contribution in [0.2, 0.25) is 0 Å². The monoisotopic (exact) mass is 297 g/mol. The first-order valence-corrected chi connectivity index (χ1v) is 5.95. The zero-order chi connectivity index (χ0) is 15.3. The molecule has 0 heterocycles. The lowest BCUT2D eigenvalue weighted by atomic mass is 10.0. The standard InChI is InChI=1S/C13H16F5NO/c1-8-3-4-10(14)9(5-8)11(19-2)6-20-7-13(17,18)12(15)16/h3-5,11-12,19H,6-7H2,1-2H3. The highest BCUT2D eigenvalue weighted by Gasteiger charge is 2.41. The third-order valence-corrected chi connectivity index (χ3v) is 2.77. The lowest BCUT2D eigenvalue weighted by molar-refractivity contribution is -0.167. The molecule has 0 saturated carbocycles. The van der Waals surface area contributed by atoms with Gasteiger partial charge in [-0.15, -0.1) is 0 Å². The maximum atomic E-state index is 13.6. The van der Waals surface area contributed by atoms with Gasteiger partial charge in [0.2, 0.25) is 0 Å². The Morgan fingerprint density at radius 1 is 1.30 bits per heavy atom. The van der Waals surface area contributed by atoms with Crippen molar-refractivity contribution in [3.8, 4) is 0 Å². The van der Waals surface area contributed by atoms with E-state index in [1.807, 2.05) is 0 Å². The Bertz CT molecular complexity index is 439. The van der Waals surface area contributed by atoms with Crippen molar-refractivity contribution in [3.63, 3.8) is 0 Å². The molecular formula is C13H16F5NO. The summed E-state index contributed by atoms with van der Waals surface area (Å²) in [5.74, 6) is -4.72. The number of rotatable bonds is 7. The number of likely N-dealkylation sites (N-methyl/N-ethyl adjacent to an activating group) is 1. The number of hydrogen-bond donors (Lipinski definition) is 1. The van der Waals surface area contributed by atoms with Crippen molar-refractivity contribution in [1.29, 1.82) is 0 Å². The SMILES string of the molecule is CNC(COCC(F)(F)C(F)F)c1cc(C)ccc1F. The van der Waals surface area contributed by atoms with Crippen LogP contribution in [0.5, 0.6) is 0 Å². The third-order valence-electron chi connectivity index (χ3n) is 2.77. The van der Waals surface area contributed by atoms with Gasteiger partial charge >= 0.3 is 12.3 Å². The van der Waals surface area contributed by atoms with E-state index in [-0.39, 0.29) is 12.2 Å². The number of alkyl halides is 4. The highest BCUT2D eigenvalue weighted by Crippen LogP contribution is 2.24. The van der Waals surface area contributed by atoms with Gasteiger partial charge in [0.1, 0.15) is 12.4 Å². The van der Waals surface area contributed by atoms with E-state index in [4.69, 9.17) is 0 Å². The highest BCUT2D eigenvalue weighted by molar-refractivity contribution is 5.26. The van der Waals surface area contributed by atoms with E-state index < -0.39 is 30.8 Å². The summed E-state index contributed by atoms with van der Waals surface area (Å²) in [6, 6.07) is 3.67. The van der Waals surface area contributed by atoms with Gasteiger partial charge in [-0.05, 0) is 20.0 Å². The van der Waals surface area contributed by atoms with Gasteiger partial charge in [-0.1, -0.05) is 17.7 Å². The van der Waals surface area contributed by atoms with Crippen molar-refractivity contribution >= 4 is 0 Å². The number of hydrogen-bond acceptors (Lipinski definition) is 2. The summed E-state index contributed by atoms with van der Waals surface area (Å²) in [6.07, 6.45) is -3.79. The minimum Gasteiger partial charge on any atom is -0.373 e. The molecule has 0 amide bonds. The van der Waals surface area contributed by atoms with Crippen LogP contribution in [-0.2, 0) is 4.74 Å². The van der Waals surface area contributed by atoms with Gasteiger partial charge in [0.25, 0.3) is 0 Å². The fraction of sp³-hybridized carbons (Fsp3) is 0.538. The van der Waals surface area contributed by atoms with Crippen molar-refractivity contribution < 1.29 is 26.7 Å². The van der Waals surface area contributed by atoms with Gasteiger partial charge in [-0.25, -0.2) is 13.2 Å². The Morgan fingerprint density at radius 3 is 2.50 bits per heavy atom. The Kier molecular flexibility index (Phi) is 5.88. The molecule has 0 aliphatic carbocycles. The Balaban J connectivity index is 2.67. The maximum absolute atomic E-state index is 13.6. The first-order valence-electron chi connectivity index (χ1n) is 5.95. The molecule has 1 N–H and O–H groups in total. The molecule has 1 rings (SSSR count). The summed E-state index contributed by atoms with van der Waals surface area (Å²) in [6.45, 7) is 0.0108. The average molecular weight is 297 g/mol. The van der Waals surface area contributed by atoms with Crippen molar-refractivity contribution in [2.24, 2.45) is 0 Å². The molecule has 1 unspecified atom stereocenters. The van der Waals surface area contributed by atoms with E-state index in [1.165, 1.54) is 13.1 Å². The van der Waals surface area contributed by atoms with Gasteiger partial charge in [0.05, 0.1) is 12.6 Å². The first-order chi connectivity index (χ1) is 9.27. The van der Waals surface area contributed by atoms with Gasteiger partial charge in [0, 0.05) is 5.56 Å². The summed E-state index contributed by atoms with van der Waals surface area (Å²) in [5, 5.41) is 2.70. The molecule has 0 fully saturated rings. The van der Waals surface area contributed by atoms with Crippen LogP contribution in [0.25, 0.3) is 0 Å². The molecule has 0 saturated heterocycles. The Hall–Kier alpha value is -1.21. The summed E-state index contributed by atoms with van der Waals surface area (Å²) in [5.41, 5.74) is 1.03. The topological polar surface area (TPSA) is 21.3 Å². The Labute approximate surface area is 113 Å². The van der Waals surface area contributed by atoms with Gasteiger partial charge < -0.3 is 10.1 Å². The number of nitrogens with one attached hydrogen (secondary N) is 1. The van der Waals surface area contributed by atoms with Crippen molar-refractivity contribution in [2.75, 3.05) is 20.3 Å². The van der Waals surface area contributed by atoms with Crippen molar-refractivity contribution in [2.45, 2.75) is 25.3 Å². The molecule has 1 aromatic carbocycles. The normalized spacial score (nSPS) is 13.8. The zero-order valence-electron chi connectivity index (χ0n) is 11.1. The molecule has 0 aromatic heterocycles. The van der Waals surface area contributed by atoms with Crippen LogP contribution in [0.4, 0.5) is 22.0 Å². The third kappa shape index (κ3) is 4.42. The molecule has 0 bridgehead atoms. The van der Waals surface area contributed by atoms with Gasteiger partial charge in [0.15, 0.2) is 0 Å². The first kappa shape index (κ1) is 16.8. The minimum atomic E-state index is -4.20. The van der Waals surface area contributed by atoms with Crippen molar-refractivity contribution in [3.05, 3.63) is 35.1 Å². The molecule has 1 aromatic rings. The number of aryl methyl sites for hydroxylation is 1. The molecule has 0 radical (unpaired) electrons. The number of benzene rings is 1. The molecule has 1 atom stereocenters. The molecule has 114 valence electrons. The smallest absolute Gasteiger partial charge is 0.330 e. The van der Waals surface area contributed by atoms with E-state index >= 15 is 0 Å². The Morgan fingerprint density at radius 2 is 1.95 bits per heavy atom. The fourth-order valence-corrected chi connectivity index (χ4v) is 1.63. The van der Waals surface area contributed by atoms with Crippen LogP contribution >= 0.6 is 0 Å². The van der Waals surface area contributed by atoms with E-state index in [1.54, 1.807) is 19.1 Å². The summed E-state index contributed by atoms with van der Waals surface area (Å²) >= 11 is 0. The number of ether oxygens (including phenoxy) is 1. The minimum absolute atomic E-state index is 0.243. The lowest BCUT2D eigenvalue weighted by Crippen LogP contribution is -2.34. The maximum Gasteiger partial charge on any atom is 0.330 e. The zero-order valence-corrected chi connectivity index (χ0v) is 11.1. The second-order valence-corrected chi connectivity index (χ2v) is 4.44. The number of halogens is 5. The molecule has 0 aliphatic heterocycles. The summed E-state index contributed by atoms with van der Waals surface area (Å²) in [4.78, 5) is 0. The lowest BCUT2D eigenvalue weighted by Gasteiger charge is -2.20. The molecular weight excluding hydrogens is 281 g/mol. The molecule has 2 nitrogen and oxygen atoms in total.